The zero-order chi connectivity index (χ0) is 12.3. The van der Waals surface area contributed by atoms with Gasteiger partial charge in [-0.1, -0.05) is 0 Å². The van der Waals surface area contributed by atoms with Crippen molar-refractivity contribution in [3.8, 4) is 0 Å². The van der Waals surface area contributed by atoms with Crippen LogP contribution in [0.1, 0.15) is 17.6 Å². The maximum Gasteiger partial charge on any atom is 0.310 e. The number of pyridine rings is 1. The molecule has 4 nitrogen and oxygen atoms in total. The SMILES string of the molecule is COC(=O)Cc1cnc(N)c(C(F)F)c1I. The summed E-state index contributed by atoms with van der Waals surface area (Å²) in [5.41, 5.74) is 5.40. The monoisotopic (exact) mass is 342 g/mol. The Kier molecular flexibility index (Phi) is 4.39. The molecule has 1 heterocycles. The van der Waals surface area contributed by atoms with Crippen molar-refractivity contribution in [2.45, 2.75) is 12.8 Å². The molecule has 88 valence electrons. The van der Waals surface area contributed by atoms with Gasteiger partial charge in [-0.05, 0) is 28.2 Å². The lowest BCUT2D eigenvalue weighted by atomic mass is 10.1. The Bertz CT molecular complexity index is 413. The fraction of sp³-hybridized carbons (Fsp3) is 0.333. The van der Waals surface area contributed by atoms with Crippen LogP contribution >= 0.6 is 22.6 Å². The van der Waals surface area contributed by atoms with E-state index in [2.05, 4.69) is 9.72 Å². The number of carbonyl (C=O) groups excluding carboxylic acids is 1. The second-order valence-corrected chi connectivity index (χ2v) is 4.03. The molecule has 0 atom stereocenters. The number of methoxy groups -OCH3 is 1. The topological polar surface area (TPSA) is 65.2 Å². The lowest BCUT2D eigenvalue weighted by Crippen LogP contribution is -2.10. The predicted molar refractivity (Wildman–Crippen MR) is 62.0 cm³/mol. The van der Waals surface area contributed by atoms with E-state index in [-0.39, 0.29) is 21.4 Å². The Morgan fingerprint density at radius 3 is 2.81 bits per heavy atom. The number of hydrogen-bond acceptors (Lipinski definition) is 4. The molecule has 0 amide bonds. The maximum atomic E-state index is 12.6. The van der Waals surface area contributed by atoms with Gasteiger partial charge in [-0.3, -0.25) is 4.79 Å². The van der Waals surface area contributed by atoms with Crippen molar-refractivity contribution in [1.82, 2.24) is 4.98 Å². The Labute approximate surface area is 104 Å². The molecule has 7 heteroatoms. The number of ether oxygens (including phenoxy) is 1. The van der Waals surface area contributed by atoms with Gasteiger partial charge >= 0.3 is 5.97 Å². The predicted octanol–water partition coefficient (Wildman–Crippen LogP) is 1.92. The summed E-state index contributed by atoms with van der Waals surface area (Å²) in [5, 5.41) is 0. The smallest absolute Gasteiger partial charge is 0.310 e. The number of alkyl halides is 2. The van der Waals surface area contributed by atoms with Crippen LogP contribution in [0.15, 0.2) is 6.20 Å². The molecule has 0 saturated carbocycles. The molecule has 16 heavy (non-hydrogen) atoms. The third-order valence-electron chi connectivity index (χ3n) is 1.93. The maximum absolute atomic E-state index is 12.6. The summed E-state index contributed by atoms with van der Waals surface area (Å²) in [6, 6.07) is 0. The van der Waals surface area contributed by atoms with Crippen LogP contribution in [-0.4, -0.2) is 18.1 Å². The highest BCUT2D eigenvalue weighted by Crippen LogP contribution is 2.30. The van der Waals surface area contributed by atoms with Crippen LogP contribution in [0, 0.1) is 3.57 Å². The fourth-order valence-electron chi connectivity index (χ4n) is 1.12. The van der Waals surface area contributed by atoms with Gasteiger partial charge in [-0.25, -0.2) is 13.8 Å². The number of halogens is 3. The van der Waals surface area contributed by atoms with Gasteiger partial charge in [0.1, 0.15) is 5.82 Å². The first kappa shape index (κ1) is 13.1. The van der Waals surface area contributed by atoms with Crippen LogP contribution in [-0.2, 0) is 16.0 Å². The molecular weight excluding hydrogens is 333 g/mol. The van der Waals surface area contributed by atoms with Crippen molar-refractivity contribution in [2.24, 2.45) is 0 Å². The number of rotatable bonds is 3. The zero-order valence-electron chi connectivity index (χ0n) is 8.34. The number of esters is 1. The van der Waals surface area contributed by atoms with E-state index in [9.17, 15) is 13.6 Å². The molecule has 1 aromatic heterocycles. The summed E-state index contributed by atoms with van der Waals surface area (Å²) in [6.07, 6.45) is -1.50. The van der Waals surface area contributed by atoms with E-state index in [1.54, 1.807) is 22.6 Å². The number of nitrogens with two attached hydrogens (primary N) is 1. The molecule has 0 aliphatic rings. The number of hydrogen-bond donors (Lipinski definition) is 1. The van der Waals surface area contributed by atoms with Crippen molar-refractivity contribution in [1.29, 1.82) is 0 Å². The zero-order valence-corrected chi connectivity index (χ0v) is 10.5. The van der Waals surface area contributed by atoms with Crippen molar-refractivity contribution in [3.05, 3.63) is 20.9 Å². The average molecular weight is 342 g/mol. The average Bonchev–Trinajstić information content (AvgIpc) is 2.21. The van der Waals surface area contributed by atoms with Gasteiger partial charge in [0, 0.05) is 9.77 Å². The van der Waals surface area contributed by atoms with Gasteiger partial charge in [0.15, 0.2) is 0 Å². The molecule has 0 aliphatic carbocycles. The van der Waals surface area contributed by atoms with Gasteiger partial charge in [0.25, 0.3) is 6.43 Å². The van der Waals surface area contributed by atoms with E-state index in [0.29, 0.717) is 5.56 Å². The second kappa shape index (κ2) is 5.37. The standard InChI is InChI=1S/C9H9F2IN2O2/c1-16-5(15)2-4-3-14-9(13)6(7(4)12)8(10)11/h3,8H,2H2,1H3,(H2,13,14). The summed E-state index contributed by atoms with van der Waals surface area (Å²) in [7, 11) is 1.23. The van der Waals surface area contributed by atoms with Crippen molar-refractivity contribution < 1.29 is 18.3 Å². The van der Waals surface area contributed by atoms with Crippen molar-refractivity contribution in [2.75, 3.05) is 12.8 Å². The van der Waals surface area contributed by atoms with Crippen LogP contribution < -0.4 is 5.73 Å². The van der Waals surface area contributed by atoms with E-state index in [1.165, 1.54) is 13.3 Å². The largest absolute Gasteiger partial charge is 0.469 e. The first-order valence-electron chi connectivity index (χ1n) is 4.25. The van der Waals surface area contributed by atoms with Crippen molar-refractivity contribution >= 4 is 34.4 Å². The third kappa shape index (κ3) is 2.77. The lowest BCUT2D eigenvalue weighted by Gasteiger charge is -2.10. The molecule has 0 bridgehead atoms. The first-order valence-corrected chi connectivity index (χ1v) is 5.33. The lowest BCUT2D eigenvalue weighted by molar-refractivity contribution is -0.139. The van der Waals surface area contributed by atoms with Crippen LogP contribution in [0.2, 0.25) is 0 Å². The van der Waals surface area contributed by atoms with E-state index in [4.69, 9.17) is 5.73 Å². The number of carbonyl (C=O) groups is 1. The van der Waals surface area contributed by atoms with Gasteiger partial charge in [0.2, 0.25) is 0 Å². The van der Waals surface area contributed by atoms with Crippen LogP contribution in [0.5, 0.6) is 0 Å². The summed E-state index contributed by atoms with van der Waals surface area (Å²) in [5.74, 6) is -0.724. The Balaban J connectivity index is 3.13. The minimum Gasteiger partial charge on any atom is -0.469 e. The normalized spacial score (nSPS) is 10.6. The van der Waals surface area contributed by atoms with Crippen LogP contribution in [0.25, 0.3) is 0 Å². The highest BCUT2D eigenvalue weighted by atomic mass is 127. The molecule has 0 radical (unpaired) electrons. The highest BCUT2D eigenvalue weighted by molar-refractivity contribution is 14.1. The second-order valence-electron chi connectivity index (χ2n) is 2.95. The molecule has 0 aromatic carbocycles. The summed E-state index contributed by atoms with van der Waals surface area (Å²) >= 11 is 1.72. The summed E-state index contributed by atoms with van der Waals surface area (Å²) in [6.45, 7) is 0. The minimum absolute atomic E-state index is 0.0955. The molecule has 1 aromatic rings. The van der Waals surface area contributed by atoms with E-state index in [1.807, 2.05) is 0 Å². The number of aromatic nitrogens is 1. The van der Waals surface area contributed by atoms with Crippen LogP contribution in [0.4, 0.5) is 14.6 Å². The Hall–Kier alpha value is -0.990. The minimum atomic E-state index is -2.71. The molecule has 0 saturated heterocycles. The third-order valence-corrected chi connectivity index (χ3v) is 3.21. The summed E-state index contributed by atoms with van der Waals surface area (Å²) < 4.78 is 30.0. The Morgan fingerprint density at radius 2 is 2.31 bits per heavy atom. The molecular formula is C9H9F2IN2O2. The number of nitrogen functional groups attached to an aromatic ring is 1. The molecule has 0 aliphatic heterocycles. The molecule has 0 unspecified atom stereocenters. The van der Waals surface area contributed by atoms with E-state index in [0.717, 1.165) is 0 Å². The molecule has 0 fully saturated rings. The van der Waals surface area contributed by atoms with Gasteiger partial charge in [-0.15, -0.1) is 0 Å². The number of anilines is 1. The first-order chi connectivity index (χ1) is 7.47. The molecule has 2 N–H and O–H groups in total. The number of nitrogens with zero attached hydrogens (tertiary/aromatic N) is 1. The van der Waals surface area contributed by atoms with Gasteiger partial charge < -0.3 is 10.5 Å². The van der Waals surface area contributed by atoms with Crippen LogP contribution in [0.3, 0.4) is 0 Å². The Morgan fingerprint density at radius 1 is 1.69 bits per heavy atom. The van der Waals surface area contributed by atoms with Crippen molar-refractivity contribution in [3.63, 3.8) is 0 Å². The van der Waals surface area contributed by atoms with E-state index >= 15 is 0 Å². The fourth-order valence-corrected chi connectivity index (χ4v) is 1.96. The quantitative estimate of drug-likeness (QED) is 0.673. The van der Waals surface area contributed by atoms with E-state index < -0.39 is 12.4 Å². The van der Waals surface area contributed by atoms with Gasteiger partial charge in [0.05, 0.1) is 19.1 Å². The summed E-state index contributed by atoms with van der Waals surface area (Å²) in [4.78, 5) is 14.7. The highest BCUT2D eigenvalue weighted by Gasteiger charge is 2.20. The molecule has 1 rings (SSSR count). The molecule has 0 spiro atoms. The van der Waals surface area contributed by atoms with Gasteiger partial charge in [-0.2, -0.15) is 0 Å².